The van der Waals surface area contributed by atoms with E-state index in [0.717, 1.165) is 10.9 Å². The monoisotopic (exact) mass is 581 g/mol. The lowest BCUT2D eigenvalue weighted by molar-refractivity contribution is 0.184. The van der Waals surface area contributed by atoms with Crippen molar-refractivity contribution < 1.29 is 9.53 Å². The van der Waals surface area contributed by atoms with Crippen molar-refractivity contribution in [2.75, 3.05) is 19.7 Å². The van der Waals surface area contributed by atoms with Crippen LogP contribution in [0.1, 0.15) is 13.3 Å². The van der Waals surface area contributed by atoms with E-state index in [4.69, 9.17) is 39.5 Å². The minimum Gasteiger partial charge on any atom is -0.489 e. The topological polar surface area (TPSA) is 47.4 Å². The maximum Gasteiger partial charge on any atom is 0.329 e. The van der Waals surface area contributed by atoms with Crippen LogP contribution in [0, 0.1) is 0 Å². The Labute approximate surface area is 222 Å². The van der Waals surface area contributed by atoms with Gasteiger partial charge in [0.25, 0.3) is 0 Å². The number of hydrogen-bond donors (Lipinski definition) is 0. The van der Waals surface area contributed by atoms with Gasteiger partial charge in [-0.15, -0.1) is 0 Å². The fourth-order valence-corrected chi connectivity index (χ4v) is 4.66. The fraction of sp³-hybridized carbons (Fsp3) is 0.200. The summed E-state index contributed by atoms with van der Waals surface area (Å²) in [6.45, 7) is 3.28. The molecule has 1 amide bonds. The van der Waals surface area contributed by atoms with Crippen LogP contribution in [0.25, 0.3) is 10.8 Å². The molecule has 0 fully saturated rings. The molecule has 0 aliphatic rings. The van der Waals surface area contributed by atoms with Crippen LogP contribution in [0.2, 0.25) is 15.1 Å². The highest BCUT2D eigenvalue weighted by atomic mass is 79.9. The molecule has 0 aliphatic carbocycles. The van der Waals surface area contributed by atoms with Crippen LogP contribution in [0.5, 0.6) is 5.75 Å². The van der Waals surface area contributed by atoms with Crippen molar-refractivity contribution in [2.45, 2.75) is 13.3 Å². The van der Waals surface area contributed by atoms with E-state index in [1.807, 2.05) is 19.1 Å². The number of imidazole rings is 1. The average molecular weight is 584 g/mol. The van der Waals surface area contributed by atoms with Crippen LogP contribution in [0.4, 0.5) is 4.79 Å². The highest BCUT2D eigenvalue weighted by Crippen LogP contribution is 2.35. The number of amides is 1. The molecule has 34 heavy (non-hydrogen) atoms. The molecule has 0 saturated heterocycles. The number of ether oxygens (including phenoxy) is 1. The van der Waals surface area contributed by atoms with Gasteiger partial charge in [-0.2, -0.15) is 0 Å². The first-order chi connectivity index (χ1) is 16.4. The van der Waals surface area contributed by atoms with Gasteiger partial charge in [-0.3, -0.25) is 4.57 Å². The van der Waals surface area contributed by atoms with Crippen molar-refractivity contribution in [3.63, 3.8) is 0 Å². The number of rotatable bonds is 6. The molecule has 0 spiro atoms. The first kappa shape index (κ1) is 26.4. The fourth-order valence-electron chi connectivity index (χ4n) is 3.22. The highest BCUT2D eigenvalue weighted by Gasteiger charge is 2.15. The molecule has 5 nitrogen and oxygen atoms in total. The summed E-state index contributed by atoms with van der Waals surface area (Å²) in [7, 11) is 0. The summed E-state index contributed by atoms with van der Waals surface area (Å²) < 4.78 is 8.22. The van der Waals surface area contributed by atoms with Crippen LogP contribution in [0.3, 0.4) is 0 Å². The average Bonchev–Trinajstić information content (AvgIpc) is 3.35. The van der Waals surface area contributed by atoms with Gasteiger partial charge in [0.15, 0.2) is 5.75 Å². The highest BCUT2D eigenvalue weighted by molar-refractivity contribution is 9.10. The molecule has 0 atom stereocenters. The SMILES string of the molecule is Brc1cccc2ccccc12.CCCN(CCOc1c(Cl)cc(Cl)cc1Cl)C(=O)n1ccnc1. The van der Waals surface area contributed by atoms with E-state index in [-0.39, 0.29) is 12.6 Å². The molecule has 178 valence electrons. The number of nitrogens with zero attached hydrogens (tertiary/aromatic N) is 3. The summed E-state index contributed by atoms with van der Waals surface area (Å²) in [4.78, 5) is 17.9. The molecule has 0 radical (unpaired) electrons. The summed E-state index contributed by atoms with van der Waals surface area (Å²) in [6.07, 6.45) is 5.48. The first-order valence-corrected chi connectivity index (χ1v) is 12.5. The molecule has 1 heterocycles. The van der Waals surface area contributed by atoms with E-state index in [1.165, 1.54) is 21.7 Å². The van der Waals surface area contributed by atoms with E-state index in [2.05, 4.69) is 51.2 Å². The third kappa shape index (κ3) is 7.12. The van der Waals surface area contributed by atoms with Crippen molar-refractivity contribution >= 4 is 67.5 Å². The standard InChI is InChI=1S/C15H16Cl3N3O2.C10H7Br/c1-2-4-20(15(22)21-5-3-19-10-21)6-7-23-14-12(17)8-11(16)9-13(14)18;11-10-7-3-5-8-4-1-2-6-9(8)10/h3,5,8-10H,2,4,6-7H2,1H3;1-7H. The third-order valence-electron chi connectivity index (χ3n) is 4.80. The molecule has 9 heteroatoms. The second-order valence-electron chi connectivity index (χ2n) is 7.25. The Morgan fingerprint density at radius 3 is 2.41 bits per heavy atom. The largest absolute Gasteiger partial charge is 0.489 e. The number of fused-ring (bicyclic) bond motifs is 1. The number of carbonyl (C=O) groups is 1. The number of benzene rings is 3. The number of aromatic nitrogens is 2. The third-order valence-corrected chi connectivity index (χ3v) is 6.27. The van der Waals surface area contributed by atoms with Crippen molar-refractivity contribution in [3.8, 4) is 5.75 Å². The summed E-state index contributed by atoms with van der Waals surface area (Å²) in [5.74, 6) is 0.365. The molecule has 0 unspecified atom stereocenters. The quantitative estimate of drug-likeness (QED) is 0.230. The summed E-state index contributed by atoms with van der Waals surface area (Å²) in [5, 5.41) is 3.67. The molecule has 0 aliphatic heterocycles. The van der Waals surface area contributed by atoms with Crippen molar-refractivity contribution in [1.29, 1.82) is 0 Å². The molecule has 4 aromatic rings. The van der Waals surface area contributed by atoms with Gasteiger partial charge >= 0.3 is 6.03 Å². The maximum atomic E-state index is 12.3. The van der Waals surface area contributed by atoms with Gasteiger partial charge in [0.1, 0.15) is 12.9 Å². The smallest absolute Gasteiger partial charge is 0.329 e. The zero-order valence-electron chi connectivity index (χ0n) is 18.4. The molecule has 1 aromatic heterocycles. The molecular weight excluding hydrogens is 561 g/mol. The first-order valence-electron chi connectivity index (χ1n) is 10.6. The Morgan fingerprint density at radius 1 is 1.06 bits per heavy atom. The van der Waals surface area contributed by atoms with Crippen molar-refractivity contribution in [1.82, 2.24) is 14.5 Å². The summed E-state index contributed by atoms with van der Waals surface area (Å²) >= 11 is 21.5. The molecule has 4 rings (SSSR count). The van der Waals surface area contributed by atoms with Crippen LogP contribution < -0.4 is 4.74 Å². The van der Waals surface area contributed by atoms with Crippen molar-refractivity contribution in [3.05, 3.63) is 92.9 Å². The van der Waals surface area contributed by atoms with Crippen LogP contribution >= 0.6 is 50.7 Å². The van der Waals surface area contributed by atoms with Crippen LogP contribution in [-0.2, 0) is 0 Å². The van der Waals surface area contributed by atoms with Gasteiger partial charge < -0.3 is 9.64 Å². The zero-order valence-corrected chi connectivity index (χ0v) is 22.3. The van der Waals surface area contributed by atoms with Crippen molar-refractivity contribution in [2.24, 2.45) is 0 Å². The van der Waals surface area contributed by atoms with Gasteiger partial charge in [0.2, 0.25) is 0 Å². The minimum atomic E-state index is -0.152. The van der Waals surface area contributed by atoms with Gasteiger partial charge in [0.05, 0.1) is 16.6 Å². The van der Waals surface area contributed by atoms with Gasteiger partial charge in [-0.1, -0.05) is 94.1 Å². The van der Waals surface area contributed by atoms with Gasteiger partial charge in [-0.05, 0) is 35.4 Å². The number of halogens is 4. The second-order valence-corrected chi connectivity index (χ2v) is 9.35. The lowest BCUT2D eigenvalue weighted by Crippen LogP contribution is -2.37. The molecule has 3 aromatic carbocycles. The van der Waals surface area contributed by atoms with E-state index >= 15 is 0 Å². The minimum absolute atomic E-state index is 0.152. The second kappa shape index (κ2) is 13.0. The van der Waals surface area contributed by atoms with E-state index in [1.54, 1.807) is 29.4 Å². The predicted molar refractivity (Wildman–Crippen MR) is 143 cm³/mol. The van der Waals surface area contributed by atoms with Crippen LogP contribution in [0.15, 0.2) is 77.8 Å². The number of hydrogen-bond acceptors (Lipinski definition) is 3. The Morgan fingerprint density at radius 2 is 1.76 bits per heavy atom. The van der Waals surface area contributed by atoms with E-state index in [9.17, 15) is 4.79 Å². The molecular formula is C25H23BrCl3N3O2. The van der Waals surface area contributed by atoms with Gasteiger partial charge in [-0.25, -0.2) is 9.78 Å². The van der Waals surface area contributed by atoms with E-state index in [0.29, 0.717) is 33.9 Å². The normalized spacial score (nSPS) is 10.5. The summed E-state index contributed by atoms with van der Waals surface area (Å²) in [6, 6.07) is 17.5. The Bertz CT molecular complexity index is 1210. The molecule has 0 saturated carbocycles. The van der Waals surface area contributed by atoms with Crippen LogP contribution in [-0.4, -0.2) is 40.2 Å². The van der Waals surface area contributed by atoms with E-state index < -0.39 is 0 Å². The molecule has 0 bridgehead atoms. The predicted octanol–water partition coefficient (Wildman–Crippen LogP) is 8.20. The lowest BCUT2D eigenvalue weighted by atomic mass is 10.1. The van der Waals surface area contributed by atoms with Gasteiger partial charge in [0, 0.05) is 28.4 Å². The Kier molecular flexibility index (Phi) is 10.1. The maximum absolute atomic E-state index is 12.3. The summed E-state index contributed by atoms with van der Waals surface area (Å²) in [5.41, 5.74) is 0. The number of carbonyl (C=O) groups excluding carboxylic acids is 1. The zero-order chi connectivity index (χ0) is 24.5. The Balaban J connectivity index is 0.000000243. The Hall–Kier alpha value is -2.25. The molecule has 0 N–H and O–H groups in total. The lowest BCUT2D eigenvalue weighted by Gasteiger charge is -2.22.